The van der Waals surface area contributed by atoms with E-state index in [-0.39, 0.29) is 11.6 Å². The molecule has 0 bridgehead atoms. The first kappa shape index (κ1) is 33.1. The summed E-state index contributed by atoms with van der Waals surface area (Å²) in [5.74, 6) is -1.02. The number of thioether (sulfide) groups is 1. The Morgan fingerprint density at radius 1 is 0.796 bits per heavy atom. The molecule has 0 aliphatic heterocycles. The summed E-state index contributed by atoms with van der Waals surface area (Å²) < 4.78 is 0. The van der Waals surface area contributed by atoms with Crippen LogP contribution in [-0.2, 0) is 16.0 Å². The number of rotatable bonds is 11. The molecule has 1 heterocycles. The van der Waals surface area contributed by atoms with Gasteiger partial charge in [-0.15, -0.1) is 11.8 Å². The lowest BCUT2D eigenvalue weighted by molar-refractivity contribution is -0.116. The minimum Gasteiger partial charge on any atom is -0.361 e. The van der Waals surface area contributed by atoms with E-state index in [1.807, 2.05) is 104 Å². The molecule has 7 nitrogen and oxygen atoms in total. The molecule has 244 valence electrons. The Hall–Kier alpha value is -5.86. The van der Waals surface area contributed by atoms with Gasteiger partial charge in [0.05, 0.1) is 0 Å². The van der Waals surface area contributed by atoms with Crippen molar-refractivity contribution in [1.29, 1.82) is 0 Å². The maximum absolute atomic E-state index is 13.9. The number of carbonyl (C=O) groups excluding carboxylic acids is 3. The van der Waals surface area contributed by atoms with Gasteiger partial charge in [-0.3, -0.25) is 14.4 Å². The van der Waals surface area contributed by atoms with E-state index >= 15 is 0 Å². The number of hydrogen-bond donors (Lipinski definition) is 4. The topological polar surface area (TPSA) is 103 Å². The Labute approximate surface area is 289 Å². The van der Waals surface area contributed by atoms with E-state index < -0.39 is 17.1 Å². The molecule has 0 saturated carbocycles. The van der Waals surface area contributed by atoms with Crippen molar-refractivity contribution in [1.82, 2.24) is 10.3 Å². The highest BCUT2D eigenvalue weighted by Gasteiger charge is 2.24. The van der Waals surface area contributed by atoms with Crippen LogP contribution in [0.3, 0.4) is 0 Å². The highest BCUT2D eigenvalue weighted by Crippen LogP contribution is 2.38. The molecule has 0 aliphatic carbocycles. The van der Waals surface area contributed by atoms with Crippen molar-refractivity contribution in [2.45, 2.75) is 30.4 Å². The third kappa shape index (κ3) is 8.00. The number of hydrogen-bond acceptors (Lipinski definition) is 4. The Balaban J connectivity index is 1.26. The molecule has 3 amide bonds. The fourth-order valence-corrected chi connectivity index (χ4v) is 6.67. The van der Waals surface area contributed by atoms with Gasteiger partial charge in [-0.25, -0.2) is 0 Å². The zero-order valence-corrected chi connectivity index (χ0v) is 28.0. The molecule has 1 atom stereocenters. The number of amides is 3. The third-order valence-corrected chi connectivity index (χ3v) is 9.37. The third-order valence-electron chi connectivity index (χ3n) is 8.12. The summed E-state index contributed by atoms with van der Waals surface area (Å²) in [4.78, 5) is 44.9. The number of fused-ring (bicyclic) bond motifs is 1. The van der Waals surface area contributed by atoms with Gasteiger partial charge in [0.25, 0.3) is 11.8 Å². The number of nitrogens with one attached hydrogen (secondary N) is 4. The summed E-state index contributed by atoms with van der Waals surface area (Å²) in [7, 11) is 0. The number of aromatic nitrogens is 1. The first-order valence-electron chi connectivity index (χ1n) is 16.1. The van der Waals surface area contributed by atoms with E-state index in [0.29, 0.717) is 11.3 Å². The van der Waals surface area contributed by atoms with E-state index in [1.165, 1.54) is 11.8 Å². The molecule has 0 radical (unpaired) electrons. The summed E-state index contributed by atoms with van der Waals surface area (Å²) in [5, 5.41) is 9.33. The molecule has 8 heteroatoms. The Bertz CT molecular complexity index is 2140. The monoisotopic (exact) mass is 664 g/mol. The zero-order valence-electron chi connectivity index (χ0n) is 27.2. The van der Waals surface area contributed by atoms with E-state index in [1.54, 1.807) is 42.6 Å². The largest absolute Gasteiger partial charge is 0.361 e. The minimum atomic E-state index is -0.557. The second-order valence-corrected chi connectivity index (χ2v) is 12.7. The van der Waals surface area contributed by atoms with Gasteiger partial charge < -0.3 is 20.9 Å². The van der Waals surface area contributed by atoms with Crippen molar-refractivity contribution < 1.29 is 14.4 Å². The van der Waals surface area contributed by atoms with Crippen molar-refractivity contribution in [3.8, 4) is 0 Å². The number of para-hydroxylation sites is 2. The number of H-pyrrole nitrogens is 1. The van der Waals surface area contributed by atoms with Crippen LogP contribution >= 0.6 is 11.8 Å². The summed E-state index contributed by atoms with van der Waals surface area (Å²) in [6.07, 6.45) is 4.27. The Kier molecular flexibility index (Phi) is 10.4. The van der Waals surface area contributed by atoms with Gasteiger partial charge in [-0.1, -0.05) is 97.9 Å². The zero-order chi connectivity index (χ0) is 34.2. The minimum absolute atomic E-state index is 0.0863. The second kappa shape index (κ2) is 15.4. The molecular formula is C41H36N4O3S. The lowest BCUT2D eigenvalue weighted by atomic mass is 10.1. The predicted octanol–water partition coefficient (Wildman–Crippen LogP) is 8.92. The summed E-state index contributed by atoms with van der Waals surface area (Å²) >= 11 is 1.40. The number of anilines is 2. The number of aryl methyl sites for hydroxylation is 2. The second-order valence-electron chi connectivity index (χ2n) is 11.5. The van der Waals surface area contributed by atoms with Crippen LogP contribution in [0.25, 0.3) is 17.0 Å². The van der Waals surface area contributed by atoms with Gasteiger partial charge in [0.15, 0.2) is 0 Å². The summed E-state index contributed by atoms with van der Waals surface area (Å²) in [6.45, 7) is 4.07. The van der Waals surface area contributed by atoms with Crippen LogP contribution in [0.4, 0.5) is 11.4 Å². The van der Waals surface area contributed by atoms with Gasteiger partial charge in [-0.05, 0) is 72.5 Å². The lowest BCUT2D eigenvalue weighted by Crippen LogP contribution is -2.30. The van der Waals surface area contributed by atoms with Crippen molar-refractivity contribution in [2.24, 2.45) is 0 Å². The molecule has 49 heavy (non-hydrogen) atoms. The molecule has 0 aliphatic rings. The highest BCUT2D eigenvalue weighted by atomic mass is 32.2. The van der Waals surface area contributed by atoms with E-state index in [9.17, 15) is 14.4 Å². The molecule has 6 rings (SSSR count). The molecule has 4 N–H and O–H groups in total. The fraction of sp³-hybridized carbons (Fsp3) is 0.0976. The molecule has 6 aromatic rings. The van der Waals surface area contributed by atoms with Crippen LogP contribution < -0.4 is 16.0 Å². The summed E-state index contributed by atoms with van der Waals surface area (Å²) in [6, 6.07) is 39.5. The van der Waals surface area contributed by atoms with Crippen LogP contribution in [0.15, 0.2) is 144 Å². The van der Waals surface area contributed by atoms with Gasteiger partial charge in [0.1, 0.15) is 10.9 Å². The fourth-order valence-electron chi connectivity index (χ4n) is 5.58. The van der Waals surface area contributed by atoms with Gasteiger partial charge in [-0.2, -0.15) is 0 Å². The maximum atomic E-state index is 13.9. The van der Waals surface area contributed by atoms with Crippen LogP contribution in [0.2, 0.25) is 0 Å². The molecular weight excluding hydrogens is 629 g/mol. The molecule has 0 saturated heterocycles. The predicted molar refractivity (Wildman–Crippen MR) is 199 cm³/mol. The van der Waals surface area contributed by atoms with E-state index in [4.69, 9.17) is 0 Å². The molecule has 5 aromatic carbocycles. The lowest BCUT2D eigenvalue weighted by Gasteiger charge is -2.20. The van der Waals surface area contributed by atoms with Gasteiger partial charge in [0.2, 0.25) is 5.91 Å². The Morgan fingerprint density at radius 3 is 2.29 bits per heavy atom. The van der Waals surface area contributed by atoms with Crippen molar-refractivity contribution >= 4 is 57.8 Å². The number of benzene rings is 5. The molecule has 1 unspecified atom stereocenters. The van der Waals surface area contributed by atoms with Crippen molar-refractivity contribution in [3.63, 3.8) is 0 Å². The van der Waals surface area contributed by atoms with Crippen molar-refractivity contribution in [3.05, 3.63) is 167 Å². The van der Waals surface area contributed by atoms with E-state index in [2.05, 4.69) is 27.9 Å². The van der Waals surface area contributed by atoms with Crippen LogP contribution in [0, 0.1) is 6.92 Å². The number of carbonyl (C=O) groups is 3. The standard InChI is InChI=1S/C41H36N4O3S/c1-3-28-19-12-14-27(2)37(28)45-41(48)38(29-15-6-4-7-16-29)49-33-21-13-20-32(25-33)43-40(47)36(44-39(46)30-17-8-5-9-18-30)24-31-26-42-35-23-11-10-22-34(31)35/h4-26,38,42H,3H2,1-2H3,(H,43,47)(H,44,46)(H,45,48)/b36-24-. The van der Waals surface area contributed by atoms with Crippen LogP contribution in [0.1, 0.15) is 44.8 Å². The van der Waals surface area contributed by atoms with Gasteiger partial charge >= 0.3 is 0 Å². The average Bonchev–Trinajstić information content (AvgIpc) is 3.54. The smallest absolute Gasteiger partial charge is 0.272 e. The molecule has 0 spiro atoms. The number of aromatic amines is 1. The van der Waals surface area contributed by atoms with Crippen molar-refractivity contribution in [2.75, 3.05) is 10.6 Å². The average molecular weight is 665 g/mol. The van der Waals surface area contributed by atoms with E-state index in [0.717, 1.165) is 50.2 Å². The Morgan fingerprint density at radius 2 is 1.51 bits per heavy atom. The first-order valence-corrected chi connectivity index (χ1v) is 16.9. The maximum Gasteiger partial charge on any atom is 0.272 e. The van der Waals surface area contributed by atoms with Crippen LogP contribution in [0.5, 0.6) is 0 Å². The summed E-state index contributed by atoms with van der Waals surface area (Å²) in [5.41, 5.74) is 6.49. The SMILES string of the molecule is CCc1cccc(C)c1NC(=O)C(Sc1cccc(NC(=O)/C(=C/c2c[nH]c3ccccc23)NC(=O)c2ccccc2)c1)c1ccccc1. The van der Waals surface area contributed by atoms with Gasteiger partial charge in [0, 0.05) is 44.5 Å². The molecule has 0 fully saturated rings. The molecule has 1 aromatic heterocycles. The van der Waals surface area contributed by atoms with Crippen LogP contribution in [-0.4, -0.2) is 22.7 Å². The normalized spacial score (nSPS) is 11.9. The quantitative estimate of drug-likeness (QED) is 0.0820. The first-order chi connectivity index (χ1) is 23.9. The highest BCUT2D eigenvalue weighted by molar-refractivity contribution is 8.00.